The predicted molar refractivity (Wildman–Crippen MR) is 135 cm³/mol. The van der Waals surface area contributed by atoms with Crippen LogP contribution in [0.25, 0.3) is 22.4 Å². The van der Waals surface area contributed by atoms with Crippen LogP contribution in [0.1, 0.15) is 31.1 Å². The Kier molecular flexibility index (Phi) is 6.48. The molecule has 0 saturated heterocycles. The minimum atomic E-state index is -0.744. The Hall–Kier alpha value is -3.56. The lowest BCUT2D eigenvalue weighted by molar-refractivity contribution is 0.0546. The second-order valence-electron chi connectivity index (χ2n) is 8.95. The van der Waals surface area contributed by atoms with Crippen molar-refractivity contribution >= 4 is 57.6 Å². The summed E-state index contributed by atoms with van der Waals surface area (Å²) in [6.45, 7) is 5.31. The zero-order valence-electron chi connectivity index (χ0n) is 19.7. The maximum atomic E-state index is 13.2. The number of hydrogen-bond donors (Lipinski definition) is 1. The number of nitrogens with zero attached hydrogens (tertiary/aromatic N) is 4. The van der Waals surface area contributed by atoms with Crippen LogP contribution in [0.15, 0.2) is 47.5 Å². The average molecular weight is 516 g/mol. The van der Waals surface area contributed by atoms with Gasteiger partial charge in [0.05, 0.1) is 27.4 Å². The molecule has 182 valence electrons. The molecule has 3 heterocycles. The molecule has 0 aliphatic heterocycles. The molecule has 0 spiro atoms. The minimum Gasteiger partial charge on any atom is -0.443 e. The van der Waals surface area contributed by atoms with Crippen LogP contribution in [0.4, 0.5) is 16.3 Å². The highest BCUT2D eigenvalue weighted by molar-refractivity contribution is 6.39. The number of hydrogen-bond acceptors (Lipinski definition) is 7. The molecule has 0 aliphatic carbocycles. The maximum absolute atomic E-state index is 13.2. The summed E-state index contributed by atoms with van der Waals surface area (Å²) < 4.78 is 12.4. The molecule has 0 fully saturated rings. The largest absolute Gasteiger partial charge is 0.443 e. The van der Waals surface area contributed by atoms with Gasteiger partial charge in [-0.3, -0.25) is 4.79 Å². The molecule has 1 amide bonds. The molecule has 9 nitrogen and oxygen atoms in total. The molecule has 1 aromatic carbocycles. The number of carbonyl (C=O) groups is 2. The Morgan fingerprint density at radius 1 is 1.14 bits per heavy atom. The lowest BCUT2D eigenvalue weighted by Gasteiger charge is -2.20. The van der Waals surface area contributed by atoms with Gasteiger partial charge in [0.2, 0.25) is 0 Å². The Bertz CT molecular complexity index is 1420. The summed E-state index contributed by atoms with van der Waals surface area (Å²) >= 11 is 13.1. The normalized spacial score (nSPS) is 11.5. The molecule has 35 heavy (non-hydrogen) atoms. The summed E-state index contributed by atoms with van der Waals surface area (Å²) in [5.41, 5.74) is 0.995. The smallest absolute Gasteiger partial charge is 0.419 e. The van der Waals surface area contributed by atoms with Crippen molar-refractivity contribution in [3.8, 4) is 11.5 Å². The Labute approximate surface area is 211 Å². The first-order valence-corrected chi connectivity index (χ1v) is 11.3. The number of amides is 1. The van der Waals surface area contributed by atoms with E-state index in [2.05, 4.69) is 15.3 Å². The fraction of sp³-hybridized carbons (Fsp3) is 0.250. The molecular weight excluding hydrogens is 493 g/mol. The quantitative estimate of drug-likeness (QED) is 0.343. The van der Waals surface area contributed by atoms with Gasteiger partial charge in [0.25, 0.3) is 5.91 Å². The number of halogens is 2. The predicted octanol–water partition coefficient (Wildman–Crippen LogP) is 6.23. The molecule has 0 unspecified atom stereocenters. The van der Waals surface area contributed by atoms with Gasteiger partial charge in [-0.05, 0) is 39.0 Å². The molecule has 1 N–H and O–H groups in total. The molecule has 0 radical (unpaired) electrons. The molecule has 11 heteroatoms. The van der Waals surface area contributed by atoms with E-state index < -0.39 is 11.7 Å². The van der Waals surface area contributed by atoms with Gasteiger partial charge in [-0.2, -0.15) is 0 Å². The third-order valence-corrected chi connectivity index (χ3v) is 5.61. The van der Waals surface area contributed by atoms with Crippen LogP contribution in [-0.2, 0) is 4.74 Å². The average Bonchev–Trinajstić information content (AvgIpc) is 3.39. The van der Waals surface area contributed by atoms with E-state index in [4.69, 9.17) is 32.4 Å². The van der Waals surface area contributed by atoms with Crippen LogP contribution >= 0.6 is 23.2 Å². The molecule has 4 rings (SSSR count). The van der Waals surface area contributed by atoms with Crippen LogP contribution in [0.3, 0.4) is 0 Å². The number of anilines is 2. The Balaban J connectivity index is 1.79. The number of carbonyl (C=O) groups excluding carboxylic acids is 2. The molecule has 3 aromatic heterocycles. The first-order valence-electron chi connectivity index (χ1n) is 10.6. The standard InChI is InChI=1S/C24H23Cl2N5O4/c1-24(2,3)35-23(33)31-17-9-19(28-10-14(17)20(26)21(31)18-11-27-12-34-18)29-16-7-6-13(8-15(16)25)22(32)30(4)5/h6-12H,1-5H3,(H,28,29). The minimum absolute atomic E-state index is 0.164. The summed E-state index contributed by atoms with van der Waals surface area (Å²) in [5, 5.41) is 4.25. The van der Waals surface area contributed by atoms with E-state index >= 15 is 0 Å². The molecule has 0 bridgehead atoms. The SMILES string of the molecule is CN(C)C(=O)c1ccc(Nc2cc3c(cn2)c(Cl)c(-c2cnco2)n3C(=O)OC(C)(C)C)c(Cl)c1. The van der Waals surface area contributed by atoms with Gasteiger partial charge in [-0.25, -0.2) is 19.3 Å². The second kappa shape index (κ2) is 9.24. The molecule has 0 saturated carbocycles. The third kappa shape index (κ3) is 4.96. The van der Waals surface area contributed by atoms with Crippen molar-refractivity contribution in [3.05, 3.63) is 58.7 Å². The fourth-order valence-electron chi connectivity index (χ4n) is 3.41. The molecular formula is C24H23Cl2N5O4. The van der Waals surface area contributed by atoms with Crippen LogP contribution in [-0.4, -0.2) is 51.1 Å². The van der Waals surface area contributed by atoms with Crippen LogP contribution in [0.2, 0.25) is 10.0 Å². The fourth-order valence-corrected chi connectivity index (χ4v) is 3.96. The van der Waals surface area contributed by atoms with Crippen LogP contribution < -0.4 is 5.32 Å². The first-order chi connectivity index (χ1) is 16.5. The Morgan fingerprint density at radius 3 is 2.49 bits per heavy atom. The van der Waals surface area contributed by atoms with Gasteiger partial charge in [-0.1, -0.05) is 23.2 Å². The van der Waals surface area contributed by atoms with Gasteiger partial charge in [0.1, 0.15) is 17.1 Å². The van der Waals surface area contributed by atoms with Crippen molar-refractivity contribution < 1.29 is 18.7 Å². The number of aromatic nitrogens is 3. The highest BCUT2D eigenvalue weighted by atomic mass is 35.5. The Morgan fingerprint density at radius 2 is 1.89 bits per heavy atom. The van der Waals surface area contributed by atoms with Crippen molar-refractivity contribution in [3.63, 3.8) is 0 Å². The summed E-state index contributed by atoms with van der Waals surface area (Å²) in [5.74, 6) is 0.535. The number of ether oxygens (including phenoxy) is 1. The van der Waals surface area contributed by atoms with Gasteiger partial charge in [-0.15, -0.1) is 0 Å². The van der Waals surface area contributed by atoms with Gasteiger partial charge < -0.3 is 19.4 Å². The number of oxazole rings is 1. The zero-order chi connectivity index (χ0) is 25.5. The van der Waals surface area contributed by atoms with Crippen molar-refractivity contribution in [1.29, 1.82) is 0 Å². The van der Waals surface area contributed by atoms with E-state index in [-0.39, 0.29) is 10.9 Å². The summed E-state index contributed by atoms with van der Waals surface area (Å²) in [7, 11) is 3.33. The number of nitrogens with one attached hydrogen (secondary N) is 1. The van der Waals surface area contributed by atoms with E-state index in [9.17, 15) is 9.59 Å². The third-order valence-electron chi connectivity index (χ3n) is 4.92. The highest BCUT2D eigenvalue weighted by Gasteiger charge is 2.28. The van der Waals surface area contributed by atoms with Gasteiger partial charge >= 0.3 is 6.09 Å². The lowest BCUT2D eigenvalue weighted by Crippen LogP contribution is -2.27. The van der Waals surface area contributed by atoms with Crippen LogP contribution in [0, 0.1) is 0 Å². The molecule has 0 atom stereocenters. The summed E-state index contributed by atoms with van der Waals surface area (Å²) in [4.78, 5) is 35.2. The molecule has 0 aliphatic rings. The van der Waals surface area contributed by atoms with E-state index in [0.29, 0.717) is 44.4 Å². The molecule has 4 aromatic rings. The zero-order valence-corrected chi connectivity index (χ0v) is 21.2. The van der Waals surface area contributed by atoms with E-state index in [1.54, 1.807) is 65.3 Å². The number of rotatable bonds is 4. The van der Waals surface area contributed by atoms with E-state index in [0.717, 1.165) is 0 Å². The number of fused-ring (bicyclic) bond motifs is 1. The number of pyridine rings is 1. The van der Waals surface area contributed by atoms with Crippen molar-refractivity contribution in [2.45, 2.75) is 26.4 Å². The van der Waals surface area contributed by atoms with Crippen LogP contribution in [0.5, 0.6) is 0 Å². The monoisotopic (exact) mass is 515 g/mol. The van der Waals surface area contributed by atoms with Crippen molar-refractivity contribution in [2.24, 2.45) is 0 Å². The van der Waals surface area contributed by atoms with Gasteiger partial charge in [0.15, 0.2) is 12.2 Å². The van der Waals surface area contributed by atoms with Gasteiger partial charge in [0, 0.05) is 37.3 Å². The maximum Gasteiger partial charge on any atom is 0.419 e. The lowest BCUT2D eigenvalue weighted by atomic mass is 10.2. The van der Waals surface area contributed by atoms with E-state index in [1.165, 1.54) is 22.1 Å². The topological polar surface area (TPSA) is 102 Å². The van der Waals surface area contributed by atoms with Crippen molar-refractivity contribution in [2.75, 3.05) is 19.4 Å². The summed E-state index contributed by atoms with van der Waals surface area (Å²) in [6, 6.07) is 6.58. The second-order valence-corrected chi connectivity index (χ2v) is 9.74. The van der Waals surface area contributed by atoms with Crippen molar-refractivity contribution in [1.82, 2.24) is 19.4 Å². The van der Waals surface area contributed by atoms with E-state index in [1.807, 2.05) is 0 Å². The highest BCUT2D eigenvalue weighted by Crippen LogP contribution is 2.39. The summed E-state index contributed by atoms with van der Waals surface area (Å²) in [6.07, 6.45) is 3.62. The first kappa shape index (κ1) is 24.6. The number of benzene rings is 1.